The number of pyridine rings is 2. The van der Waals surface area contributed by atoms with Gasteiger partial charge in [0, 0.05) is 44.6 Å². The SMILES string of the molecule is Cc1cnc(CN(Cc2ncccc2C(C)C)C2CCN(C(=O)Nc3nnc[nH]3)CC2)c(C)c1. The number of likely N-dealkylation sites (tertiary alicyclic amines) is 1. The number of nitrogens with zero attached hydrogens (tertiary/aromatic N) is 6. The number of H-pyrrole nitrogens is 1. The fourth-order valence-corrected chi connectivity index (χ4v) is 4.60. The summed E-state index contributed by atoms with van der Waals surface area (Å²) in [6.07, 6.45) is 7.05. The van der Waals surface area contributed by atoms with Crippen molar-refractivity contribution in [1.82, 2.24) is 34.9 Å². The van der Waals surface area contributed by atoms with Gasteiger partial charge in [0.25, 0.3) is 0 Å². The number of carbonyl (C=O) groups is 1. The Morgan fingerprint density at radius 1 is 1.21 bits per heavy atom. The molecule has 4 heterocycles. The number of hydrogen-bond acceptors (Lipinski definition) is 6. The number of rotatable bonds is 7. The summed E-state index contributed by atoms with van der Waals surface area (Å²) in [5.74, 6) is 0.775. The van der Waals surface area contributed by atoms with Crippen molar-refractivity contribution in [2.24, 2.45) is 0 Å². The monoisotopic (exact) mass is 462 g/mol. The molecule has 180 valence electrons. The van der Waals surface area contributed by atoms with Gasteiger partial charge in [0.15, 0.2) is 0 Å². The van der Waals surface area contributed by atoms with Gasteiger partial charge >= 0.3 is 6.03 Å². The molecule has 2 amide bonds. The first-order valence-electron chi connectivity index (χ1n) is 11.9. The summed E-state index contributed by atoms with van der Waals surface area (Å²) >= 11 is 0. The molecule has 0 radical (unpaired) electrons. The van der Waals surface area contributed by atoms with Crippen LogP contribution in [0.4, 0.5) is 10.7 Å². The molecule has 9 nitrogen and oxygen atoms in total. The van der Waals surface area contributed by atoms with Gasteiger partial charge in [-0.3, -0.25) is 20.2 Å². The maximum atomic E-state index is 12.6. The van der Waals surface area contributed by atoms with Gasteiger partial charge in [-0.2, -0.15) is 0 Å². The number of amides is 2. The number of nitrogens with one attached hydrogen (secondary N) is 2. The topological polar surface area (TPSA) is 103 Å². The molecule has 3 aromatic heterocycles. The summed E-state index contributed by atoms with van der Waals surface area (Å²) in [5, 5.41) is 10.3. The van der Waals surface area contributed by atoms with Crippen LogP contribution in [0.15, 0.2) is 36.9 Å². The first-order valence-corrected chi connectivity index (χ1v) is 11.9. The normalized spacial score (nSPS) is 14.7. The molecule has 0 spiro atoms. The Hall–Kier alpha value is -3.33. The lowest BCUT2D eigenvalue weighted by Crippen LogP contribution is -2.47. The van der Waals surface area contributed by atoms with Gasteiger partial charge in [-0.25, -0.2) is 4.79 Å². The highest BCUT2D eigenvalue weighted by Gasteiger charge is 2.29. The molecule has 2 N–H and O–H groups in total. The van der Waals surface area contributed by atoms with E-state index in [2.05, 4.69) is 65.2 Å². The van der Waals surface area contributed by atoms with Crippen molar-refractivity contribution in [2.45, 2.75) is 65.6 Å². The molecular weight excluding hydrogens is 428 g/mol. The number of anilines is 1. The predicted octanol–water partition coefficient (Wildman–Crippen LogP) is 4.03. The minimum Gasteiger partial charge on any atom is -0.324 e. The minimum atomic E-state index is -0.149. The molecule has 0 aromatic carbocycles. The van der Waals surface area contributed by atoms with Crippen LogP contribution in [-0.2, 0) is 13.1 Å². The summed E-state index contributed by atoms with van der Waals surface area (Å²) in [4.78, 5) is 29.2. The number of aromatic amines is 1. The third-order valence-electron chi connectivity index (χ3n) is 6.49. The standard InChI is InChI=1S/C25H34N8O/c1-17(2)21-6-5-9-26-23(21)15-33(14-22-19(4)12-18(3)13-27-22)20-7-10-32(11-8-20)25(34)30-24-28-16-29-31-24/h5-6,9,12-13,16-17,20H,7-8,10-11,14-15H2,1-4H3,(H2,28,29,30,31,34). The molecule has 0 bridgehead atoms. The highest BCUT2D eigenvalue weighted by atomic mass is 16.2. The third kappa shape index (κ3) is 5.77. The smallest absolute Gasteiger partial charge is 0.324 e. The number of aromatic nitrogens is 5. The zero-order valence-corrected chi connectivity index (χ0v) is 20.5. The van der Waals surface area contributed by atoms with Crippen LogP contribution in [0, 0.1) is 13.8 Å². The fourth-order valence-electron chi connectivity index (χ4n) is 4.60. The van der Waals surface area contributed by atoms with E-state index in [1.807, 2.05) is 23.4 Å². The molecule has 1 fully saturated rings. The Balaban J connectivity index is 1.49. The molecule has 1 saturated heterocycles. The van der Waals surface area contributed by atoms with Gasteiger partial charge in [-0.15, -0.1) is 10.2 Å². The fraction of sp³-hybridized carbons (Fsp3) is 0.480. The van der Waals surface area contributed by atoms with E-state index in [4.69, 9.17) is 9.97 Å². The molecule has 0 atom stereocenters. The molecule has 4 rings (SSSR count). The maximum Gasteiger partial charge on any atom is 0.324 e. The number of carbonyl (C=O) groups excluding carboxylic acids is 1. The quantitative estimate of drug-likeness (QED) is 0.549. The maximum absolute atomic E-state index is 12.6. The average Bonchev–Trinajstić information content (AvgIpc) is 3.33. The second-order valence-corrected chi connectivity index (χ2v) is 9.36. The van der Waals surface area contributed by atoms with Crippen LogP contribution in [0.3, 0.4) is 0 Å². The van der Waals surface area contributed by atoms with E-state index in [9.17, 15) is 4.79 Å². The molecule has 1 aliphatic rings. The Morgan fingerprint density at radius 3 is 2.65 bits per heavy atom. The zero-order chi connectivity index (χ0) is 24.1. The first-order chi connectivity index (χ1) is 16.4. The van der Waals surface area contributed by atoms with Gasteiger partial charge in [0.05, 0.1) is 11.4 Å². The number of hydrogen-bond donors (Lipinski definition) is 2. The molecule has 0 saturated carbocycles. The third-order valence-corrected chi connectivity index (χ3v) is 6.49. The highest BCUT2D eigenvalue weighted by molar-refractivity contribution is 5.87. The molecule has 3 aromatic rings. The lowest BCUT2D eigenvalue weighted by atomic mass is 9.98. The van der Waals surface area contributed by atoms with Crippen LogP contribution in [0.5, 0.6) is 0 Å². The largest absolute Gasteiger partial charge is 0.324 e. The van der Waals surface area contributed by atoms with Crippen molar-refractivity contribution in [1.29, 1.82) is 0 Å². The van der Waals surface area contributed by atoms with E-state index in [0.717, 1.165) is 37.3 Å². The summed E-state index contributed by atoms with van der Waals surface area (Å²) in [6, 6.07) is 6.57. The van der Waals surface area contributed by atoms with Crippen LogP contribution >= 0.6 is 0 Å². The first kappa shape index (κ1) is 23.8. The van der Waals surface area contributed by atoms with E-state index < -0.39 is 0 Å². The predicted molar refractivity (Wildman–Crippen MR) is 131 cm³/mol. The van der Waals surface area contributed by atoms with Gasteiger partial charge in [0.1, 0.15) is 6.33 Å². The van der Waals surface area contributed by atoms with Gasteiger partial charge < -0.3 is 9.88 Å². The lowest BCUT2D eigenvalue weighted by Gasteiger charge is -2.38. The number of urea groups is 1. The van der Waals surface area contributed by atoms with Crippen molar-refractivity contribution < 1.29 is 4.79 Å². The number of piperidine rings is 1. The van der Waals surface area contributed by atoms with Crippen molar-refractivity contribution in [3.63, 3.8) is 0 Å². The Morgan fingerprint density at radius 2 is 1.97 bits per heavy atom. The average molecular weight is 463 g/mol. The second kappa shape index (κ2) is 10.7. The summed E-state index contributed by atoms with van der Waals surface area (Å²) in [7, 11) is 0. The van der Waals surface area contributed by atoms with E-state index in [0.29, 0.717) is 31.0 Å². The lowest BCUT2D eigenvalue weighted by molar-refractivity contribution is 0.106. The van der Waals surface area contributed by atoms with Crippen molar-refractivity contribution in [2.75, 3.05) is 18.4 Å². The molecule has 0 unspecified atom stereocenters. The second-order valence-electron chi connectivity index (χ2n) is 9.36. The van der Waals surface area contributed by atoms with Gasteiger partial charge in [-0.05, 0) is 55.4 Å². The Labute approximate surface area is 201 Å². The summed E-state index contributed by atoms with van der Waals surface area (Å²) < 4.78 is 0. The van der Waals surface area contributed by atoms with E-state index in [1.54, 1.807) is 0 Å². The van der Waals surface area contributed by atoms with Crippen LogP contribution < -0.4 is 5.32 Å². The van der Waals surface area contributed by atoms with Crippen LogP contribution in [-0.4, -0.2) is 60.1 Å². The summed E-state index contributed by atoms with van der Waals surface area (Å²) in [5.41, 5.74) is 5.88. The van der Waals surface area contributed by atoms with Crippen molar-refractivity contribution in [3.8, 4) is 0 Å². The van der Waals surface area contributed by atoms with Crippen LogP contribution in [0.2, 0.25) is 0 Å². The molecular formula is C25H34N8O. The van der Waals surface area contributed by atoms with Crippen molar-refractivity contribution >= 4 is 12.0 Å². The Kier molecular flexibility index (Phi) is 7.52. The highest BCUT2D eigenvalue weighted by Crippen LogP contribution is 2.25. The van der Waals surface area contributed by atoms with E-state index in [1.165, 1.54) is 23.0 Å². The molecule has 9 heteroatoms. The van der Waals surface area contributed by atoms with Crippen LogP contribution in [0.25, 0.3) is 0 Å². The minimum absolute atomic E-state index is 0.149. The van der Waals surface area contributed by atoms with E-state index in [-0.39, 0.29) is 6.03 Å². The molecule has 1 aliphatic heterocycles. The molecule has 0 aliphatic carbocycles. The zero-order valence-electron chi connectivity index (χ0n) is 20.5. The number of aryl methyl sites for hydroxylation is 2. The van der Waals surface area contributed by atoms with Gasteiger partial charge in [0.2, 0.25) is 5.95 Å². The van der Waals surface area contributed by atoms with Crippen LogP contribution in [0.1, 0.15) is 60.7 Å². The summed E-state index contributed by atoms with van der Waals surface area (Å²) in [6.45, 7) is 11.5. The van der Waals surface area contributed by atoms with E-state index >= 15 is 0 Å². The Bertz CT molecular complexity index is 1090. The molecule has 34 heavy (non-hydrogen) atoms. The van der Waals surface area contributed by atoms with Crippen molar-refractivity contribution in [3.05, 3.63) is 65.0 Å². The van der Waals surface area contributed by atoms with Gasteiger partial charge in [-0.1, -0.05) is 26.0 Å².